The average Bonchev–Trinajstić information content (AvgIpc) is 2.59. The van der Waals surface area contributed by atoms with Gasteiger partial charge in [-0.15, -0.1) is 0 Å². The number of carbonyl (C=O) groups excluding carboxylic acids is 1. The maximum Gasteiger partial charge on any atom is 0.200 e. The number of ketones is 1. The van der Waals surface area contributed by atoms with E-state index >= 15 is 0 Å². The van der Waals surface area contributed by atoms with Gasteiger partial charge >= 0.3 is 0 Å². The summed E-state index contributed by atoms with van der Waals surface area (Å²) in [6.07, 6.45) is 0. The first kappa shape index (κ1) is 8.94. The third-order valence-electron chi connectivity index (χ3n) is 2.15. The lowest BCUT2D eigenvalue weighted by atomic mass is 10.1. The number of nitrogens with zero attached hydrogens (tertiary/aromatic N) is 1. The highest BCUT2D eigenvalue weighted by Crippen LogP contribution is 2.12. The molecule has 0 aliphatic rings. The highest BCUT2D eigenvalue weighted by Gasteiger charge is 2.14. The average molecular weight is 188 g/mol. The normalized spacial score (nSPS) is 11.1. The first-order chi connectivity index (χ1) is 6.68. The summed E-state index contributed by atoms with van der Waals surface area (Å²) in [5, 5.41) is 0. The molecular weight excluding hydrogens is 176 g/mol. The van der Waals surface area contributed by atoms with Crippen LogP contribution in [0, 0.1) is 5.92 Å². The molecule has 0 saturated heterocycles. The zero-order valence-corrected chi connectivity index (χ0v) is 8.24. The first-order valence-corrected chi connectivity index (χ1v) is 4.67. The lowest BCUT2D eigenvalue weighted by molar-refractivity contribution is 0.0930. The van der Waals surface area contributed by atoms with Gasteiger partial charge in [-0.05, 0) is 12.1 Å². The van der Waals surface area contributed by atoms with Gasteiger partial charge in [0.25, 0.3) is 0 Å². The summed E-state index contributed by atoms with van der Waals surface area (Å²) < 4.78 is 0. The number of para-hydroxylation sites is 2. The molecule has 0 bridgehead atoms. The van der Waals surface area contributed by atoms with E-state index in [-0.39, 0.29) is 11.7 Å². The van der Waals surface area contributed by atoms with Gasteiger partial charge in [-0.25, -0.2) is 4.98 Å². The molecule has 1 aromatic heterocycles. The van der Waals surface area contributed by atoms with E-state index in [0.717, 1.165) is 11.0 Å². The smallest absolute Gasteiger partial charge is 0.200 e. The molecule has 0 unspecified atom stereocenters. The Morgan fingerprint density at radius 1 is 1.36 bits per heavy atom. The van der Waals surface area contributed by atoms with Crippen LogP contribution in [0.1, 0.15) is 24.5 Å². The Kier molecular flexibility index (Phi) is 2.08. The molecule has 14 heavy (non-hydrogen) atoms. The molecule has 1 heterocycles. The summed E-state index contributed by atoms with van der Waals surface area (Å²) in [7, 11) is 0. The molecule has 0 saturated carbocycles. The second-order valence-electron chi connectivity index (χ2n) is 3.62. The maximum absolute atomic E-state index is 11.6. The molecule has 2 rings (SSSR count). The Morgan fingerprint density at radius 3 is 2.71 bits per heavy atom. The van der Waals surface area contributed by atoms with Crippen LogP contribution in [0.4, 0.5) is 0 Å². The maximum atomic E-state index is 11.6. The van der Waals surface area contributed by atoms with Crippen molar-refractivity contribution in [1.29, 1.82) is 0 Å². The lowest BCUT2D eigenvalue weighted by Gasteiger charge is -1.97. The zero-order chi connectivity index (χ0) is 10.1. The Bertz CT molecular complexity index is 438. The van der Waals surface area contributed by atoms with E-state index < -0.39 is 0 Å². The largest absolute Gasteiger partial charge is 0.335 e. The molecule has 0 atom stereocenters. The number of fused-ring (bicyclic) bond motifs is 1. The zero-order valence-electron chi connectivity index (χ0n) is 8.24. The van der Waals surface area contributed by atoms with Crippen molar-refractivity contribution in [2.75, 3.05) is 0 Å². The van der Waals surface area contributed by atoms with Crippen LogP contribution in [0.15, 0.2) is 24.3 Å². The molecule has 3 nitrogen and oxygen atoms in total. The number of nitrogens with one attached hydrogen (secondary N) is 1. The molecule has 3 heteroatoms. The second-order valence-corrected chi connectivity index (χ2v) is 3.62. The van der Waals surface area contributed by atoms with Gasteiger partial charge in [-0.2, -0.15) is 0 Å². The number of Topliss-reactive ketones (excluding diaryl/α,β-unsaturated/α-hetero) is 1. The molecule has 0 amide bonds. The third-order valence-corrected chi connectivity index (χ3v) is 2.15. The van der Waals surface area contributed by atoms with Gasteiger partial charge in [-0.3, -0.25) is 4.79 Å². The molecule has 0 fully saturated rings. The minimum absolute atomic E-state index is 0.0180. The number of aromatic nitrogens is 2. The predicted octanol–water partition coefficient (Wildman–Crippen LogP) is 2.40. The van der Waals surface area contributed by atoms with Crippen LogP contribution in [-0.2, 0) is 0 Å². The minimum atomic E-state index is -0.0180. The van der Waals surface area contributed by atoms with Crippen LogP contribution in [0.5, 0.6) is 0 Å². The van der Waals surface area contributed by atoms with Gasteiger partial charge in [0.15, 0.2) is 5.82 Å². The van der Waals surface area contributed by atoms with E-state index in [9.17, 15) is 4.79 Å². The molecule has 0 radical (unpaired) electrons. The second kappa shape index (κ2) is 3.25. The van der Waals surface area contributed by atoms with E-state index in [1.54, 1.807) is 0 Å². The van der Waals surface area contributed by atoms with Gasteiger partial charge in [0.1, 0.15) is 0 Å². The molecule has 72 valence electrons. The molecular formula is C11H12N2O. The molecule has 1 N–H and O–H groups in total. The van der Waals surface area contributed by atoms with Crippen molar-refractivity contribution in [1.82, 2.24) is 9.97 Å². The summed E-state index contributed by atoms with van der Waals surface area (Å²) in [6.45, 7) is 3.74. The first-order valence-electron chi connectivity index (χ1n) is 4.67. The number of imidazole rings is 1. The lowest BCUT2D eigenvalue weighted by Crippen LogP contribution is -2.09. The number of rotatable bonds is 2. The minimum Gasteiger partial charge on any atom is -0.335 e. The number of hydrogen-bond acceptors (Lipinski definition) is 2. The Labute approximate surface area is 82.2 Å². The summed E-state index contributed by atoms with van der Waals surface area (Å²) in [5.74, 6) is 0.498. The molecule has 1 aromatic carbocycles. The van der Waals surface area contributed by atoms with Crippen molar-refractivity contribution in [3.8, 4) is 0 Å². The van der Waals surface area contributed by atoms with Crippen LogP contribution < -0.4 is 0 Å². The number of aromatic amines is 1. The summed E-state index contributed by atoms with van der Waals surface area (Å²) in [6, 6.07) is 7.64. The van der Waals surface area contributed by atoms with Crippen molar-refractivity contribution in [2.24, 2.45) is 5.92 Å². The third kappa shape index (κ3) is 1.41. The van der Waals surface area contributed by atoms with Gasteiger partial charge < -0.3 is 4.98 Å². The summed E-state index contributed by atoms with van der Waals surface area (Å²) >= 11 is 0. The van der Waals surface area contributed by atoms with E-state index in [1.165, 1.54) is 0 Å². The number of carbonyl (C=O) groups is 1. The van der Waals surface area contributed by atoms with Crippen LogP contribution in [0.2, 0.25) is 0 Å². The van der Waals surface area contributed by atoms with Gasteiger partial charge in [0.2, 0.25) is 5.78 Å². The number of hydrogen-bond donors (Lipinski definition) is 1. The molecule has 0 aliphatic heterocycles. The van der Waals surface area contributed by atoms with Gasteiger partial charge in [0, 0.05) is 5.92 Å². The fourth-order valence-electron chi connectivity index (χ4n) is 1.34. The fraction of sp³-hybridized carbons (Fsp3) is 0.273. The van der Waals surface area contributed by atoms with Crippen LogP contribution in [0.25, 0.3) is 11.0 Å². The van der Waals surface area contributed by atoms with Crippen molar-refractivity contribution in [3.63, 3.8) is 0 Å². The van der Waals surface area contributed by atoms with Crippen LogP contribution in [-0.4, -0.2) is 15.8 Å². The van der Waals surface area contributed by atoms with Gasteiger partial charge in [0.05, 0.1) is 11.0 Å². The van der Waals surface area contributed by atoms with Crippen LogP contribution in [0.3, 0.4) is 0 Å². The van der Waals surface area contributed by atoms with E-state index in [4.69, 9.17) is 0 Å². The Hall–Kier alpha value is -1.64. The molecule has 0 aliphatic carbocycles. The monoisotopic (exact) mass is 188 g/mol. The quantitative estimate of drug-likeness (QED) is 0.735. The molecule has 0 spiro atoms. The van der Waals surface area contributed by atoms with Crippen molar-refractivity contribution in [3.05, 3.63) is 30.1 Å². The van der Waals surface area contributed by atoms with E-state index in [1.807, 2.05) is 38.1 Å². The number of benzene rings is 1. The highest BCUT2D eigenvalue weighted by atomic mass is 16.1. The Morgan fingerprint density at radius 2 is 2.07 bits per heavy atom. The number of H-pyrrole nitrogens is 1. The van der Waals surface area contributed by atoms with Crippen LogP contribution >= 0.6 is 0 Å². The van der Waals surface area contributed by atoms with Crippen molar-refractivity contribution in [2.45, 2.75) is 13.8 Å². The van der Waals surface area contributed by atoms with Crippen molar-refractivity contribution < 1.29 is 4.79 Å². The topological polar surface area (TPSA) is 45.8 Å². The SMILES string of the molecule is CC(C)C(=O)c1nc2ccccc2[nH]1. The van der Waals surface area contributed by atoms with Gasteiger partial charge in [-0.1, -0.05) is 26.0 Å². The van der Waals surface area contributed by atoms with Crippen molar-refractivity contribution >= 4 is 16.8 Å². The molecule has 2 aromatic rings. The standard InChI is InChI=1S/C11H12N2O/c1-7(2)10(14)11-12-8-5-3-4-6-9(8)13-11/h3-7H,1-2H3,(H,12,13). The fourth-order valence-corrected chi connectivity index (χ4v) is 1.34. The summed E-state index contributed by atoms with van der Waals surface area (Å²) in [4.78, 5) is 18.9. The van der Waals surface area contributed by atoms with E-state index in [0.29, 0.717) is 5.82 Å². The van der Waals surface area contributed by atoms with E-state index in [2.05, 4.69) is 9.97 Å². The highest BCUT2D eigenvalue weighted by molar-refractivity contribution is 5.96. The predicted molar refractivity (Wildman–Crippen MR) is 55.3 cm³/mol. The summed E-state index contributed by atoms with van der Waals surface area (Å²) in [5.41, 5.74) is 1.76. The Balaban J connectivity index is 2.50.